The zero-order chi connectivity index (χ0) is 11.5. The lowest BCUT2D eigenvalue weighted by atomic mass is 10.1. The Kier molecular flexibility index (Phi) is 3.17. The van der Waals surface area contributed by atoms with Crippen molar-refractivity contribution in [3.05, 3.63) is 17.7 Å². The van der Waals surface area contributed by atoms with Gasteiger partial charge in [-0.1, -0.05) is 0 Å². The number of phenols is 1. The van der Waals surface area contributed by atoms with E-state index in [4.69, 9.17) is 18.9 Å². The van der Waals surface area contributed by atoms with E-state index in [1.165, 1.54) is 20.3 Å². The molecule has 1 N–H and O–H groups in total. The van der Waals surface area contributed by atoms with Gasteiger partial charge in [0.25, 0.3) is 0 Å². The first-order valence-corrected chi connectivity index (χ1v) is 4.94. The van der Waals surface area contributed by atoms with Gasteiger partial charge in [-0.15, -0.1) is 0 Å². The number of rotatable bonds is 3. The molecule has 0 spiro atoms. The van der Waals surface area contributed by atoms with Gasteiger partial charge in [0.2, 0.25) is 0 Å². The molecule has 1 aromatic rings. The van der Waals surface area contributed by atoms with Crippen molar-refractivity contribution in [2.24, 2.45) is 0 Å². The zero-order valence-electron chi connectivity index (χ0n) is 9.23. The van der Waals surface area contributed by atoms with E-state index in [0.717, 1.165) is 0 Å². The fourth-order valence-corrected chi connectivity index (χ4v) is 1.64. The van der Waals surface area contributed by atoms with Gasteiger partial charge >= 0.3 is 0 Å². The number of methoxy groups -OCH3 is 2. The van der Waals surface area contributed by atoms with Crippen molar-refractivity contribution < 1.29 is 24.1 Å². The van der Waals surface area contributed by atoms with Crippen LogP contribution in [0.25, 0.3) is 0 Å². The predicted molar refractivity (Wildman–Crippen MR) is 55.9 cm³/mol. The van der Waals surface area contributed by atoms with Gasteiger partial charge < -0.3 is 24.1 Å². The number of hydrogen-bond donors (Lipinski definition) is 1. The Bertz CT molecular complexity index is 371. The van der Waals surface area contributed by atoms with E-state index in [1.807, 2.05) is 0 Å². The van der Waals surface area contributed by atoms with Crippen LogP contribution in [0.1, 0.15) is 11.9 Å². The second kappa shape index (κ2) is 4.59. The number of ether oxygens (including phenoxy) is 4. The Morgan fingerprint density at radius 2 is 1.88 bits per heavy atom. The maximum atomic E-state index is 9.87. The second-order valence-corrected chi connectivity index (χ2v) is 3.34. The molecule has 0 amide bonds. The normalized spacial score (nSPS) is 16.4. The number of benzene rings is 1. The minimum absolute atomic E-state index is 0.0445. The third kappa shape index (κ3) is 1.91. The quantitative estimate of drug-likeness (QED) is 0.845. The minimum atomic E-state index is -0.569. The molecule has 88 valence electrons. The highest BCUT2D eigenvalue weighted by Gasteiger charge is 2.26. The summed E-state index contributed by atoms with van der Waals surface area (Å²) in [7, 11) is 3.04. The summed E-state index contributed by atoms with van der Waals surface area (Å²) >= 11 is 0. The van der Waals surface area contributed by atoms with Gasteiger partial charge in [0.1, 0.15) is 17.2 Å². The first kappa shape index (κ1) is 11.0. The summed E-state index contributed by atoms with van der Waals surface area (Å²) in [5.74, 6) is 1.06. The fraction of sp³-hybridized carbons (Fsp3) is 0.455. The van der Waals surface area contributed by atoms with E-state index in [9.17, 15) is 5.11 Å². The summed E-state index contributed by atoms with van der Waals surface area (Å²) in [5.41, 5.74) is 0.501. The molecule has 0 radical (unpaired) electrons. The first-order valence-electron chi connectivity index (χ1n) is 4.94. The summed E-state index contributed by atoms with van der Waals surface area (Å²) in [6, 6.07) is 3.18. The SMILES string of the molecule is COc1cc(O)c(C2OCCO2)c(OC)c1. The zero-order valence-corrected chi connectivity index (χ0v) is 9.23. The molecule has 0 bridgehead atoms. The van der Waals surface area contributed by atoms with E-state index in [2.05, 4.69) is 0 Å². The molecule has 1 aliphatic heterocycles. The first-order chi connectivity index (χ1) is 7.76. The van der Waals surface area contributed by atoms with Crippen LogP contribution in [0.5, 0.6) is 17.2 Å². The maximum absolute atomic E-state index is 9.87. The Morgan fingerprint density at radius 3 is 2.44 bits per heavy atom. The largest absolute Gasteiger partial charge is 0.507 e. The molecule has 2 rings (SSSR count). The third-order valence-electron chi connectivity index (χ3n) is 2.41. The minimum Gasteiger partial charge on any atom is -0.507 e. The molecule has 1 heterocycles. The van der Waals surface area contributed by atoms with Crippen LogP contribution < -0.4 is 9.47 Å². The standard InChI is InChI=1S/C11H14O5/c1-13-7-5-8(12)10(9(6-7)14-2)11-15-3-4-16-11/h5-6,11-12H,3-4H2,1-2H3. The van der Waals surface area contributed by atoms with Crippen LogP contribution in [-0.4, -0.2) is 32.5 Å². The molecule has 1 saturated heterocycles. The van der Waals surface area contributed by atoms with Crippen LogP contribution in [0.4, 0.5) is 0 Å². The van der Waals surface area contributed by atoms with Crippen molar-refractivity contribution in [2.45, 2.75) is 6.29 Å². The summed E-state index contributed by atoms with van der Waals surface area (Å²) < 4.78 is 20.9. The van der Waals surface area contributed by atoms with Gasteiger partial charge in [-0.25, -0.2) is 0 Å². The van der Waals surface area contributed by atoms with E-state index < -0.39 is 6.29 Å². The molecule has 0 aromatic heterocycles. The van der Waals surface area contributed by atoms with Gasteiger partial charge in [0, 0.05) is 12.1 Å². The lowest BCUT2D eigenvalue weighted by Crippen LogP contribution is -2.02. The van der Waals surface area contributed by atoms with Crippen LogP contribution in [0, 0.1) is 0 Å². The Balaban J connectivity index is 2.41. The van der Waals surface area contributed by atoms with Gasteiger partial charge in [-0.3, -0.25) is 0 Å². The third-order valence-corrected chi connectivity index (χ3v) is 2.41. The van der Waals surface area contributed by atoms with Crippen molar-refractivity contribution in [1.29, 1.82) is 0 Å². The molecule has 1 fully saturated rings. The van der Waals surface area contributed by atoms with Gasteiger partial charge in [0.15, 0.2) is 6.29 Å². The highest BCUT2D eigenvalue weighted by Crippen LogP contribution is 2.40. The Hall–Kier alpha value is -1.46. The van der Waals surface area contributed by atoms with Crippen LogP contribution in [0.3, 0.4) is 0 Å². The number of hydrogen-bond acceptors (Lipinski definition) is 5. The summed E-state index contributed by atoms with van der Waals surface area (Å²) in [5, 5.41) is 9.87. The molecule has 0 atom stereocenters. The topological polar surface area (TPSA) is 57.2 Å². The smallest absolute Gasteiger partial charge is 0.191 e. The van der Waals surface area contributed by atoms with E-state index >= 15 is 0 Å². The van der Waals surface area contributed by atoms with Crippen LogP contribution >= 0.6 is 0 Å². The van der Waals surface area contributed by atoms with Gasteiger partial charge in [0.05, 0.1) is 33.0 Å². The molecule has 0 aliphatic carbocycles. The molecule has 5 nitrogen and oxygen atoms in total. The van der Waals surface area contributed by atoms with Gasteiger partial charge in [-0.2, -0.15) is 0 Å². The van der Waals surface area contributed by atoms with E-state index in [0.29, 0.717) is 30.3 Å². The monoisotopic (exact) mass is 226 g/mol. The predicted octanol–water partition coefficient (Wildman–Crippen LogP) is 1.45. The highest BCUT2D eigenvalue weighted by molar-refractivity contribution is 5.50. The second-order valence-electron chi connectivity index (χ2n) is 3.34. The highest BCUT2D eigenvalue weighted by atomic mass is 16.7. The molecule has 0 unspecified atom stereocenters. The Labute approximate surface area is 93.5 Å². The lowest BCUT2D eigenvalue weighted by molar-refractivity contribution is -0.0468. The Morgan fingerprint density at radius 1 is 1.19 bits per heavy atom. The fourth-order valence-electron chi connectivity index (χ4n) is 1.64. The summed E-state index contributed by atoms with van der Waals surface area (Å²) in [6.07, 6.45) is -0.569. The number of phenolic OH excluding ortho intramolecular Hbond substituents is 1. The average Bonchev–Trinajstić information content (AvgIpc) is 2.81. The average molecular weight is 226 g/mol. The molecule has 5 heteroatoms. The van der Waals surface area contributed by atoms with Crippen LogP contribution in [0.2, 0.25) is 0 Å². The van der Waals surface area contributed by atoms with Gasteiger partial charge in [-0.05, 0) is 0 Å². The van der Waals surface area contributed by atoms with Crippen molar-refractivity contribution in [2.75, 3.05) is 27.4 Å². The van der Waals surface area contributed by atoms with E-state index in [-0.39, 0.29) is 5.75 Å². The molecule has 0 saturated carbocycles. The van der Waals surface area contributed by atoms with Crippen LogP contribution in [0.15, 0.2) is 12.1 Å². The maximum Gasteiger partial charge on any atom is 0.191 e. The van der Waals surface area contributed by atoms with Crippen molar-refractivity contribution in [3.8, 4) is 17.2 Å². The number of aromatic hydroxyl groups is 1. The molecular weight excluding hydrogens is 212 g/mol. The van der Waals surface area contributed by atoms with E-state index in [1.54, 1.807) is 6.07 Å². The lowest BCUT2D eigenvalue weighted by Gasteiger charge is -2.16. The molecule has 16 heavy (non-hydrogen) atoms. The summed E-state index contributed by atoms with van der Waals surface area (Å²) in [6.45, 7) is 1.03. The molecule has 1 aromatic carbocycles. The van der Waals surface area contributed by atoms with Crippen molar-refractivity contribution in [3.63, 3.8) is 0 Å². The molecule has 1 aliphatic rings. The van der Waals surface area contributed by atoms with Crippen molar-refractivity contribution in [1.82, 2.24) is 0 Å². The summed E-state index contributed by atoms with van der Waals surface area (Å²) in [4.78, 5) is 0. The van der Waals surface area contributed by atoms with Crippen LogP contribution in [-0.2, 0) is 9.47 Å². The molecular formula is C11H14O5. The van der Waals surface area contributed by atoms with Crippen molar-refractivity contribution >= 4 is 0 Å².